The Kier molecular flexibility index (Phi) is 5.29. The Morgan fingerprint density at radius 3 is 1.84 bits per heavy atom. The van der Waals surface area contributed by atoms with E-state index in [0.29, 0.717) is 0 Å². The van der Waals surface area contributed by atoms with E-state index in [9.17, 15) is 14.4 Å². The monoisotopic (exact) mass is 274 g/mol. The van der Waals surface area contributed by atoms with E-state index in [1.165, 1.54) is 20.8 Å². The highest BCUT2D eigenvalue weighted by Gasteiger charge is 2.45. The van der Waals surface area contributed by atoms with Gasteiger partial charge in [0.1, 0.15) is 6.10 Å². The quantitative estimate of drug-likeness (QED) is 0.544. The van der Waals surface area contributed by atoms with E-state index in [-0.39, 0.29) is 12.5 Å². The minimum absolute atomic E-state index is 0.181. The molecule has 7 heteroatoms. The van der Waals surface area contributed by atoms with E-state index in [1.54, 1.807) is 6.92 Å². The Morgan fingerprint density at radius 2 is 1.37 bits per heavy atom. The molecule has 7 nitrogen and oxygen atoms in total. The smallest absolute Gasteiger partial charge is 0.305 e. The second-order valence-corrected chi connectivity index (χ2v) is 4.44. The second kappa shape index (κ2) is 6.51. The maximum Gasteiger partial charge on any atom is 0.305 e. The Hall–Kier alpha value is -1.63. The van der Waals surface area contributed by atoms with Crippen LogP contribution in [0.25, 0.3) is 0 Å². The lowest BCUT2D eigenvalue weighted by atomic mass is 9.97. The van der Waals surface area contributed by atoms with Crippen LogP contribution in [-0.4, -0.2) is 43.0 Å². The van der Waals surface area contributed by atoms with Crippen LogP contribution in [0.1, 0.15) is 27.7 Å². The normalized spacial score (nSPS) is 30.3. The van der Waals surface area contributed by atoms with E-state index < -0.39 is 36.4 Å². The SMILES string of the molecule is CC(=O)O[C@@H]1OC[C@@H](C)[C@H](OC(C)=O)[C@H]1OC(C)=O. The molecule has 0 N–H and O–H groups in total. The van der Waals surface area contributed by atoms with Crippen molar-refractivity contribution in [2.45, 2.75) is 46.2 Å². The fraction of sp³-hybridized carbons (Fsp3) is 0.750. The first-order valence-corrected chi connectivity index (χ1v) is 5.94. The van der Waals surface area contributed by atoms with Gasteiger partial charge in [-0.15, -0.1) is 0 Å². The van der Waals surface area contributed by atoms with Gasteiger partial charge in [0, 0.05) is 26.7 Å². The molecule has 4 atom stereocenters. The van der Waals surface area contributed by atoms with Gasteiger partial charge in [-0.25, -0.2) is 0 Å². The molecule has 0 unspecified atom stereocenters. The molecular weight excluding hydrogens is 256 g/mol. The van der Waals surface area contributed by atoms with Gasteiger partial charge in [-0.2, -0.15) is 0 Å². The van der Waals surface area contributed by atoms with Gasteiger partial charge in [-0.1, -0.05) is 6.92 Å². The number of esters is 3. The van der Waals surface area contributed by atoms with E-state index in [4.69, 9.17) is 18.9 Å². The molecule has 0 bridgehead atoms. The van der Waals surface area contributed by atoms with Gasteiger partial charge in [-0.3, -0.25) is 14.4 Å². The first-order valence-electron chi connectivity index (χ1n) is 5.94. The lowest BCUT2D eigenvalue weighted by molar-refractivity contribution is -0.260. The standard InChI is InChI=1S/C12H18O7/c1-6-5-16-12(19-9(4)15)11(18-8(3)14)10(6)17-7(2)13/h6,10-12H,5H2,1-4H3/t6-,10+,11-,12+/m1/s1. The summed E-state index contributed by atoms with van der Waals surface area (Å²) in [4.78, 5) is 33.2. The molecule has 1 saturated heterocycles. The molecule has 0 radical (unpaired) electrons. The van der Waals surface area contributed by atoms with Crippen LogP contribution >= 0.6 is 0 Å². The van der Waals surface area contributed by atoms with Crippen molar-refractivity contribution in [3.8, 4) is 0 Å². The van der Waals surface area contributed by atoms with Gasteiger partial charge in [0.05, 0.1) is 6.61 Å². The highest BCUT2D eigenvalue weighted by atomic mass is 16.7. The summed E-state index contributed by atoms with van der Waals surface area (Å²) in [5, 5.41) is 0. The summed E-state index contributed by atoms with van der Waals surface area (Å²) in [6, 6.07) is 0. The van der Waals surface area contributed by atoms with Crippen molar-refractivity contribution < 1.29 is 33.3 Å². The third kappa shape index (κ3) is 4.51. The Morgan fingerprint density at radius 1 is 0.895 bits per heavy atom. The molecule has 1 heterocycles. The number of hydrogen-bond donors (Lipinski definition) is 0. The van der Waals surface area contributed by atoms with Crippen LogP contribution in [0.15, 0.2) is 0 Å². The molecule has 0 spiro atoms. The summed E-state index contributed by atoms with van der Waals surface area (Å²) < 4.78 is 20.5. The summed E-state index contributed by atoms with van der Waals surface area (Å²) in [7, 11) is 0. The summed E-state index contributed by atoms with van der Waals surface area (Å²) in [6.07, 6.45) is -2.74. The predicted molar refractivity (Wildman–Crippen MR) is 61.8 cm³/mol. The molecule has 0 aromatic carbocycles. The second-order valence-electron chi connectivity index (χ2n) is 4.44. The van der Waals surface area contributed by atoms with Crippen molar-refractivity contribution in [1.29, 1.82) is 0 Å². The minimum atomic E-state index is -1.07. The largest absolute Gasteiger partial charge is 0.458 e. The van der Waals surface area contributed by atoms with E-state index >= 15 is 0 Å². The average molecular weight is 274 g/mol. The van der Waals surface area contributed by atoms with Crippen LogP contribution in [0, 0.1) is 5.92 Å². The highest BCUT2D eigenvalue weighted by molar-refractivity contribution is 5.68. The summed E-state index contributed by atoms with van der Waals surface area (Å²) >= 11 is 0. The van der Waals surface area contributed by atoms with E-state index in [2.05, 4.69) is 0 Å². The van der Waals surface area contributed by atoms with Gasteiger partial charge >= 0.3 is 17.9 Å². The molecular formula is C12H18O7. The van der Waals surface area contributed by atoms with Crippen LogP contribution in [0.3, 0.4) is 0 Å². The Balaban J connectivity index is 2.89. The van der Waals surface area contributed by atoms with Gasteiger partial charge in [-0.05, 0) is 0 Å². The number of hydrogen-bond acceptors (Lipinski definition) is 7. The molecule has 108 valence electrons. The van der Waals surface area contributed by atoms with Gasteiger partial charge < -0.3 is 18.9 Å². The molecule has 1 fully saturated rings. The van der Waals surface area contributed by atoms with Crippen molar-refractivity contribution in [3.63, 3.8) is 0 Å². The zero-order valence-electron chi connectivity index (χ0n) is 11.4. The molecule has 19 heavy (non-hydrogen) atoms. The number of ether oxygens (including phenoxy) is 4. The minimum Gasteiger partial charge on any atom is -0.458 e. The molecule has 1 rings (SSSR count). The molecule has 1 aliphatic heterocycles. The first kappa shape index (κ1) is 15.4. The Bertz CT molecular complexity index is 365. The third-order valence-electron chi connectivity index (χ3n) is 2.56. The maximum absolute atomic E-state index is 11.1. The highest BCUT2D eigenvalue weighted by Crippen LogP contribution is 2.26. The van der Waals surface area contributed by atoms with Crippen molar-refractivity contribution in [2.24, 2.45) is 5.92 Å². The molecule has 1 aliphatic rings. The molecule has 0 aromatic rings. The topological polar surface area (TPSA) is 88.1 Å². The fourth-order valence-electron chi connectivity index (χ4n) is 1.87. The molecule has 0 aromatic heterocycles. The van der Waals surface area contributed by atoms with Crippen molar-refractivity contribution in [3.05, 3.63) is 0 Å². The summed E-state index contributed by atoms with van der Waals surface area (Å²) in [5.41, 5.74) is 0. The summed E-state index contributed by atoms with van der Waals surface area (Å²) in [5.74, 6) is -1.83. The average Bonchev–Trinajstić information content (AvgIpc) is 2.25. The third-order valence-corrected chi connectivity index (χ3v) is 2.56. The first-order chi connectivity index (χ1) is 8.81. The van der Waals surface area contributed by atoms with Crippen molar-refractivity contribution in [2.75, 3.05) is 6.61 Å². The zero-order chi connectivity index (χ0) is 14.6. The van der Waals surface area contributed by atoms with Gasteiger partial charge in [0.2, 0.25) is 12.4 Å². The molecule has 0 amide bonds. The van der Waals surface area contributed by atoms with Crippen LogP contribution in [0.2, 0.25) is 0 Å². The predicted octanol–water partition coefficient (Wildman–Crippen LogP) is 0.405. The van der Waals surface area contributed by atoms with Crippen molar-refractivity contribution >= 4 is 17.9 Å². The lowest BCUT2D eigenvalue weighted by Gasteiger charge is -2.39. The van der Waals surface area contributed by atoms with Gasteiger partial charge in [0.15, 0.2) is 0 Å². The van der Waals surface area contributed by atoms with Crippen LogP contribution < -0.4 is 0 Å². The van der Waals surface area contributed by atoms with Crippen LogP contribution in [0.4, 0.5) is 0 Å². The summed E-state index contributed by atoms with van der Waals surface area (Å²) in [6.45, 7) is 5.71. The van der Waals surface area contributed by atoms with Crippen LogP contribution in [-0.2, 0) is 33.3 Å². The molecule has 0 saturated carbocycles. The van der Waals surface area contributed by atoms with E-state index in [1.807, 2.05) is 0 Å². The number of carbonyl (C=O) groups excluding carboxylic acids is 3. The van der Waals surface area contributed by atoms with Gasteiger partial charge in [0.25, 0.3) is 0 Å². The van der Waals surface area contributed by atoms with E-state index in [0.717, 1.165) is 0 Å². The van der Waals surface area contributed by atoms with Crippen LogP contribution in [0.5, 0.6) is 0 Å². The maximum atomic E-state index is 11.1. The van der Waals surface area contributed by atoms with Crippen molar-refractivity contribution in [1.82, 2.24) is 0 Å². The molecule has 0 aliphatic carbocycles. The Labute approximate surface area is 111 Å². The number of rotatable bonds is 3. The zero-order valence-corrected chi connectivity index (χ0v) is 11.4. The number of carbonyl (C=O) groups is 3. The lowest BCUT2D eigenvalue weighted by Crippen LogP contribution is -2.54. The fourth-order valence-corrected chi connectivity index (χ4v) is 1.87.